The van der Waals surface area contributed by atoms with E-state index in [0.717, 1.165) is 14.9 Å². The monoisotopic (exact) mass is 495 g/mol. The number of amides is 4. The van der Waals surface area contributed by atoms with Gasteiger partial charge in [0.2, 0.25) is 6.04 Å². The number of aliphatic imine (C=N–C) groups is 1. The molecule has 0 spiro atoms. The summed E-state index contributed by atoms with van der Waals surface area (Å²) < 4.78 is 7.34. The van der Waals surface area contributed by atoms with Gasteiger partial charge in [0, 0.05) is 16.4 Å². The van der Waals surface area contributed by atoms with E-state index < -0.39 is 18.0 Å². The van der Waals surface area contributed by atoms with E-state index in [9.17, 15) is 14.4 Å². The van der Waals surface area contributed by atoms with Crippen molar-refractivity contribution in [1.82, 2.24) is 4.90 Å². The Labute approximate surface area is 193 Å². The summed E-state index contributed by atoms with van der Waals surface area (Å²) in [6.07, 6.45) is 4.81. The standard InChI is InChI=1S/C23H19BrN4O4/c1-32-18-10-4-15(5-11-18)13-28-22(30)21-19(3-2-12-25-21)27(23(28)31)14-20(29)26-17-8-6-16(24)7-9-17/h2-12,21H,13-14H2,1H3/p+1. The summed E-state index contributed by atoms with van der Waals surface area (Å²) >= 11 is 3.35. The number of ether oxygens (including phenoxy) is 1. The summed E-state index contributed by atoms with van der Waals surface area (Å²) in [5.74, 6) is -0.131. The molecule has 0 aromatic heterocycles. The Morgan fingerprint density at radius 3 is 2.56 bits per heavy atom. The number of fused-ring (bicyclic) bond motifs is 1. The molecule has 1 unspecified atom stereocenters. The van der Waals surface area contributed by atoms with Crippen molar-refractivity contribution in [2.75, 3.05) is 19.0 Å². The van der Waals surface area contributed by atoms with Gasteiger partial charge in [-0.15, -0.1) is 0 Å². The van der Waals surface area contributed by atoms with Crippen molar-refractivity contribution in [2.24, 2.45) is 4.99 Å². The van der Waals surface area contributed by atoms with Crippen molar-refractivity contribution in [2.45, 2.75) is 12.6 Å². The first-order valence-electron chi connectivity index (χ1n) is 9.84. The Hall–Kier alpha value is -3.59. The number of allylic oxidation sites excluding steroid dienone is 1. The highest BCUT2D eigenvalue weighted by molar-refractivity contribution is 9.10. The van der Waals surface area contributed by atoms with E-state index in [-0.39, 0.29) is 19.0 Å². The summed E-state index contributed by atoms with van der Waals surface area (Å²) in [7, 11) is 1.57. The molecule has 1 atom stereocenters. The smallest absolute Gasteiger partial charge is 0.497 e. The lowest BCUT2D eigenvalue weighted by molar-refractivity contribution is -0.427. The van der Waals surface area contributed by atoms with Gasteiger partial charge >= 0.3 is 11.9 Å². The molecule has 2 aromatic rings. The number of anilines is 1. The van der Waals surface area contributed by atoms with Gasteiger partial charge in [0.25, 0.3) is 5.91 Å². The van der Waals surface area contributed by atoms with Crippen LogP contribution in [0.4, 0.5) is 10.5 Å². The number of hydrogen-bond donors (Lipinski definition) is 1. The SMILES string of the molecule is COc1ccc(CN2C(=O)C3N=CC=CC3=[N+](CC(=O)Nc3ccc(Br)cc3)C2=O)cc1. The van der Waals surface area contributed by atoms with Gasteiger partial charge in [-0.1, -0.05) is 28.1 Å². The number of hydrogen-bond acceptors (Lipinski definition) is 5. The van der Waals surface area contributed by atoms with Gasteiger partial charge in [0.05, 0.1) is 7.11 Å². The Bertz CT molecular complexity index is 1150. The van der Waals surface area contributed by atoms with E-state index >= 15 is 0 Å². The lowest BCUT2D eigenvalue weighted by Gasteiger charge is -2.26. The van der Waals surface area contributed by atoms with Gasteiger partial charge in [-0.2, -0.15) is 14.3 Å². The molecule has 2 aliphatic rings. The Balaban J connectivity index is 1.58. The second-order valence-electron chi connectivity index (χ2n) is 7.18. The summed E-state index contributed by atoms with van der Waals surface area (Å²) in [6.45, 7) is -0.178. The quantitative estimate of drug-likeness (QED) is 0.623. The highest BCUT2D eigenvalue weighted by atomic mass is 79.9. The summed E-state index contributed by atoms with van der Waals surface area (Å²) in [5, 5.41) is 2.77. The first kappa shape index (κ1) is 21.6. The highest BCUT2D eigenvalue weighted by Crippen LogP contribution is 2.20. The second-order valence-corrected chi connectivity index (χ2v) is 8.10. The van der Waals surface area contributed by atoms with Gasteiger partial charge < -0.3 is 10.1 Å². The van der Waals surface area contributed by atoms with E-state index in [1.807, 2.05) is 0 Å². The maximum Gasteiger partial charge on any atom is 0.501 e. The Morgan fingerprint density at radius 2 is 1.88 bits per heavy atom. The van der Waals surface area contributed by atoms with Crippen LogP contribution in [0.2, 0.25) is 0 Å². The number of benzene rings is 2. The number of nitrogens with one attached hydrogen (secondary N) is 1. The molecular weight excluding hydrogens is 476 g/mol. The number of urea groups is 1. The van der Waals surface area contributed by atoms with Crippen LogP contribution in [0.25, 0.3) is 0 Å². The zero-order valence-corrected chi connectivity index (χ0v) is 18.8. The van der Waals surface area contributed by atoms with Crippen molar-refractivity contribution >= 4 is 51.4 Å². The van der Waals surface area contributed by atoms with Crippen molar-refractivity contribution < 1.29 is 23.7 Å². The predicted octanol–water partition coefficient (Wildman–Crippen LogP) is 3.02. The molecule has 8 nitrogen and oxygen atoms in total. The van der Waals surface area contributed by atoms with Crippen LogP contribution in [-0.4, -0.2) is 58.9 Å². The van der Waals surface area contributed by atoms with E-state index in [4.69, 9.17) is 4.74 Å². The fraction of sp³-hybridized carbons (Fsp3) is 0.174. The lowest BCUT2D eigenvalue weighted by Crippen LogP contribution is -2.57. The van der Waals surface area contributed by atoms with Crippen LogP contribution in [0.3, 0.4) is 0 Å². The minimum Gasteiger partial charge on any atom is -0.497 e. The van der Waals surface area contributed by atoms with Crippen molar-refractivity contribution in [3.63, 3.8) is 0 Å². The normalized spacial score (nSPS) is 17.4. The highest BCUT2D eigenvalue weighted by Gasteiger charge is 2.48. The molecule has 32 heavy (non-hydrogen) atoms. The molecule has 0 bridgehead atoms. The molecule has 2 aromatic carbocycles. The molecular formula is C23H20BrN4O4+. The molecule has 2 aliphatic heterocycles. The summed E-state index contributed by atoms with van der Waals surface area (Å²) in [6, 6.07) is 12.8. The minimum absolute atomic E-state index is 0.0650. The third-order valence-corrected chi connectivity index (χ3v) is 5.60. The van der Waals surface area contributed by atoms with Crippen molar-refractivity contribution in [3.05, 3.63) is 70.7 Å². The Morgan fingerprint density at radius 1 is 1.16 bits per heavy atom. The third-order valence-electron chi connectivity index (χ3n) is 5.07. The topological polar surface area (TPSA) is 91.1 Å². The van der Waals surface area contributed by atoms with Crippen LogP contribution in [0.1, 0.15) is 5.56 Å². The molecule has 4 rings (SSSR count). The number of methoxy groups -OCH3 is 1. The van der Waals surface area contributed by atoms with Crippen LogP contribution < -0.4 is 10.1 Å². The molecule has 0 saturated carbocycles. The first-order valence-corrected chi connectivity index (χ1v) is 10.6. The van der Waals surface area contributed by atoms with Crippen molar-refractivity contribution in [1.29, 1.82) is 0 Å². The van der Waals surface area contributed by atoms with Gasteiger partial charge in [-0.05, 0) is 54.1 Å². The fourth-order valence-corrected chi connectivity index (χ4v) is 3.73. The number of carbonyl (C=O) groups is 3. The summed E-state index contributed by atoms with van der Waals surface area (Å²) in [5.41, 5.74) is 1.75. The fourth-order valence-electron chi connectivity index (χ4n) is 3.47. The number of halogens is 1. The maximum atomic E-state index is 13.3. The second kappa shape index (κ2) is 9.27. The predicted molar refractivity (Wildman–Crippen MR) is 123 cm³/mol. The van der Waals surface area contributed by atoms with Crippen molar-refractivity contribution in [3.8, 4) is 5.75 Å². The molecule has 0 aliphatic carbocycles. The Kier molecular flexibility index (Phi) is 6.27. The van der Waals surface area contributed by atoms with E-state index in [1.165, 1.54) is 10.8 Å². The van der Waals surface area contributed by atoms with E-state index in [2.05, 4.69) is 26.2 Å². The van der Waals surface area contributed by atoms with Crippen LogP contribution in [0.15, 0.2) is 70.1 Å². The average molecular weight is 496 g/mol. The van der Waals surface area contributed by atoms with Crippen LogP contribution in [0.5, 0.6) is 5.75 Å². The number of imide groups is 1. The molecule has 0 radical (unpaired) electrons. The van der Waals surface area contributed by atoms with Crippen LogP contribution in [0, 0.1) is 0 Å². The largest absolute Gasteiger partial charge is 0.501 e. The van der Waals surface area contributed by atoms with Gasteiger partial charge in [-0.25, -0.2) is 4.79 Å². The number of carbonyl (C=O) groups excluding carboxylic acids is 3. The number of rotatable bonds is 6. The third kappa shape index (κ3) is 4.52. The zero-order valence-electron chi connectivity index (χ0n) is 17.2. The first-order chi connectivity index (χ1) is 15.5. The van der Waals surface area contributed by atoms with Gasteiger partial charge in [0.15, 0.2) is 6.54 Å². The van der Waals surface area contributed by atoms with E-state index in [0.29, 0.717) is 17.1 Å². The summed E-state index contributed by atoms with van der Waals surface area (Å²) in [4.78, 5) is 44.4. The molecule has 2 heterocycles. The van der Waals surface area contributed by atoms with E-state index in [1.54, 1.807) is 67.8 Å². The van der Waals surface area contributed by atoms with Crippen LogP contribution in [-0.2, 0) is 16.1 Å². The molecule has 162 valence electrons. The number of dihydropyridines is 1. The lowest BCUT2D eigenvalue weighted by atomic mass is 10.0. The minimum atomic E-state index is -0.864. The maximum absolute atomic E-state index is 13.3. The van der Waals surface area contributed by atoms with Gasteiger partial charge in [-0.3, -0.25) is 9.79 Å². The molecule has 4 amide bonds. The number of nitrogens with zero attached hydrogens (tertiary/aromatic N) is 3. The van der Waals surface area contributed by atoms with Gasteiger partial charge in [0.1, 0.15) is 18.0 Å². The molecule has 0 fully saturated rings. The molecule has 9 heteroatoms. The zero-order chi connectivity index (χ0) is 22.7. The van der Waals surface area contributed by atoms with Crippen LogP contribution >= 0.6 is 15.9 Å². The average Bonchev–Trinajstić information content (AvgIpc) is 2.81. The molecule has 0 saturated heterocycles. The molecule has 1 N–H and O–H groups in total.